The van der Waals surface area contributed by atoms with E-state index in [4.69, 9.17) is 9.52 Å². The van der Waals surface area contributed by atoms with E-state index in [0.717, 1.165) is 22.5 Å². The third kappa shape index (κ3) is 8.84. The smallest absolute Gasteiger partial charge is 0.319 e. The van der Waals surface area contributed by atoms with Crippen LogP contribution in [0.3, 0.4) is 0 Å². The van der Waals surface area contributed by atoms with Crippen LogP contribution in [0.2, 0.25) is 0 Å². The number of hydrogen-bond donors (Lipinski definition) is 5. The molecule has 4 aromatic rings. The summed E-state index contributed by atoms with van der Waals surface area (Å²) in [6, 6.07) is 21.9. The highest BCUT2D eigenvalue weighted by Crippen LogP contribution is 2.32. The zero-order valence-electron chi connectivity index (χ0n) is 26.5. The first-order valence-electron chi connectivity index (χ1n) is 15.6. The van der Waals surface area contributed by atoms with Crippen LogP contribution in [0.25, 0.3) is 11.1 Å². The number of fused-ring (bicyclic) bond motifs is 1. The van der Waals surface area contributed by atoms with Gasteiger partial charge >= 0.3 is 6.03 Å². The van der Waals surface area contributed by atoms with Gasteiger partial charge in [0.25, 0.3) is 0 Å². The number of carbonyl (C=O) groups excluding carboxylic acids is 3. The van der Waals surface area contributed by atoms with Gasteiger partial charge in [-0.15, -0.1) is 0 Å². The molecule has 0 radical (unpaired) electrons. The summed E-state index contributed by atoms with van der Waals surface area (Å²) < 4.78 is 19.7. The SMILES string of the molecule is CC(C)(CC(=O)N[C@@H]1CCc2cc(F)ccc2N(Cc2ccc(-c3ccccc3NC(=O)NCCO)cc2)C1=O)NCc1ccco1. The Bertz CT molecular complexity index is 1690. The van der Waals surface area contributed by atoms with Crippen molar-refractivity contribution in [2.45, 2.75) is 57.8 Å². The Balaban J connectivity index is 1.31. The van der Waals surface area contributed by atoms with E-state index in [1.54, 1.807) is 29.4 Å². The molecule has 0 saturated carbocycles. The van der Waals surface area contributed by atoms with Gasteiger partial charge in [0.15, 0.2) is 0 Å². The lowest BCUT2D eigenvalue weighted by Gasteiger charge is -2.29. The summed E-state index contributed by atoms with van der Waals surface area (Å²) in [7, 11) is 0. The minimum atomic E-state index is -0.784. The van der Waals surface area contributed by atoms with Gasteiger partial charge in [0.1, 0.15) is 17.6 Å². The van der Waals surface area contributed by atoms with E-state index in [-0.39, 0.29) is 43.7 Å². The summed E-state index contributed by atoms with van der Waals surface area (Å²) in [6.07, 6.45) is 2.50. The molecule has 0 spiro atoms. The van der Waals surface area contributed by atoms with Gasteiger partial charge in [-0.3, -0.25) is 9.59 Å². The van der Waals surface area contributed by atoms with Crippen LogP contribution >= 0.6 is 0 Å². The van der Waals surface area contributed by atoms with Gasteiger partial charge in [-0.05, 0) is 79.8 Å². The van der Waals surface area contributed by atoms with Crippen molar-refractivity contribution in [3.63, 3.8) is 0 Å². The van der Waals surface area contributed by atoms with Crippen molar-refractivity contribution in [3.8, 4) is 11.1 Å². The molecule has 0 unspecified atom stereocenters. The lowest BCUT2D eigenvalue weighted by Crippen LogP contribution is -2.50. The molecule has 1 aromatic heterocycles. The summed E-state index contributed by atoms with van der Waals surface area (Å²) >= 11 is 0. The fraction of sp³-hybridized carbons (Fsp3) is 0.306. The predicted octanol–water partition coefficient (Wildman–Crippen LogP) is 5.12. The topological polar surface area (TPSA) is 136 Å². The minimum absolute atomic E-state index is 0.139. The number of hydrogen-bond acceptors (Lipinski definition) is 6. The maximum atomic E-state index is 14.3. The first-order chi connectivity index (χ1) is 22.6. The Morgan fingerprint density at radius 3 is 2.57 bits per heavy atom. The number of amides is 4. The number of furan rings is 1. The first kappa shape index (κ1) is 33.4. The van der Waals surface area contributed by atoms with Crippen molar-refractivity contribution in [2.24, 2.45) is 0 Å². The quantitative estimate of drug-likeness (QED) is 0.146. The molecule has 3 aromatic carbocycles. The summed E-state index contributed by atoms with van der Waals surface area (Å²) in [5.74, 6) is -0.157. The second-order valence-electron chi connectivity index (χ2n) is 12.2. The number of halogens is 1. The van der Waals surface area contributed by atoms with Crippen LogP contribution in [0.15, 0.2) is 89.5 Å². The normalized spacial score (nSPS) is 14.7. The molecule has 1 aliphatic heterocycles. The third-order valence-corrected chi connectivity index (χ3v) is 8.04. The number of aryl methyl sites for hydroxylation is 1. The molecule has 5 rings (SSSR count). The Hall–Kier alpha value is -5.00. The zero-order chi connectivity index (χ0) is 33.4. The van der Waals surface area contributed by atoms with Crippen molar-refractivity contribution < 1.29 is 28.3 Å². The predicted molar refractivity (Wildman–Crippen MR) is 178 cm³/mol. The lowest BCUT2D eigenvalue weighted by atomic mass is 9.99. The van der Waals surface area contributed by atoms with Gasteiger partial charge in [0.2, 0.25) is 11.8 Å². The van der Waals surface area contributed by atoms with Gasteiger partial charge in [-0.2, -0.15) is 0 Å². The molecule has 5 N–H and O–H groups in total. The fourth-order valence-corrected chi connectivity index (χ4v) is 5.65. The third-order valence-electron chi connectivity index (χ3n) is 8.04. The van der Waals surface area contributed by atoms with Crippen LogP contribution in [-0.4, -0.2) is 47.7 Å². The van der Waals surface area contributed by atoms with Crippen LogP contribution in [0.1, 0.15) is 43.6 Å². The lowest BCUT2D eigenvalue weighted by molar-refractivity contribution is -0.128. The average Bonchev–Trinajstić information content (AvgIpc) is 3.54. The molecule has 10 nitrogen and oxygen atoms in total. The van der Waals surface area contributed by atoms with Crippen LogP contribution < -0.4 is 26.2 Å². The van der Waals surface area contributed by atoms with Crippen molar-refractivity contribution in [2.75, 3.05) is 23.4 Å². The summed E-state index contributed by atoms with van der Waals surface area (Å²) in [6.45, 7) is 4.49. The monoisotopic (exact) mass is 641 g/mol. The fourth-order valence-electron chi connectivity index (χ4n) is 5.65. The molecule has 0 aliphatic carbocycles. The highest BCUT2D eigenvalue weighted by molar-refractivity contribution is 6.00. The molecule has 47 heavy (non-hydrogen) atoms. The van der Waals surface area contributed by atoms with Crippen LogP contribution in [-0.2, 0) is 29.1 Å². The number of urea groups is 1. The number of rotatable bonds is 12. The molecule has 246 valence electrons. The van der Waals surface area contributed by atoms with E-state index < -0.39 is 17.6 Å². The van der Waals surface area contributed by atoms with Crippen LogP contribution in [0.5, 0.6) is 0 Å². The van der Waals surface area contributed by atoms with E-state index in [0.29, 0.717) is 36.3 Å². The maximum absolute atomic E-state index is 14.3. The molecule has 0 fully saturated rings. The highest BCUT2D eigenvalue weighted by atomic mass is 19.1. The molecule has 1 aliphatic rings. The largest absolute Gasteiger partial charge is 0.468 e. The van der Waals surface area contributed by atoms with Gasteiger partial charge in [0, 0.05) is 29.8 Å². The second-order valence-corrected chi connectivity index (χ2v) is 12.2. The maximum Gasteiger partial charge on any atom is 0.319 e. The number of carbonyl (C=O) groups is 3. The highest BCUT2D eigenvalue weighted by Gasteiger charge is 2.33. The molecule has 0 saturated heterocycles. The second kappa shape index (κ2) is 15.1. The van der Waals surface area contributed by atoms with Crippen LogP contribution in [0.4, 0.5) is 20.6 Å². The van der Waals surface area contributed by atoms with Gasteiger partial charge in [0.05, 0.1) is 31.6 Å². The Labute approximate surface area is 273 Å². The molecule has 1 atom stereocenters. The summed E-state index contributed by atoms with van der Waals surface area (Å²) in [5.41, 5.74) is 3.84. The van der Waals surface area contributed by atoms with Crippen molar-refractivity contribution in [1.82, 2.24) is 16.0 Å². The minimum Gasteiger partial charge on any atom is -0.468 e. The first-order valence-corrected chi connectivity index (χ1v) is 15.6. The molecule has 11 heteroatoms. The summed E-state index contributed by atoms with van der Waals surface area (Å²) in [5, 5.41) is 20.7. The zero-order valence-corrected chi connectivity index (χ0v) is 26.5. The summed E-state index contributed by atoms with van der Waals surface area (Å²) in [4.78, 5) is 41.1. The van der Waals surface area contributed by atoms with Crippen molar-refractivity contribution in [1.29, 1.82) is 0 Å². The number of nitrogens with zero attached hydrogens (tertiary/aromatic N) is 1. The standard InChI is InChI=1S/C36H40FN5O5/c1-36(2,39-22-28-6-5-19-47-28)21-33(44)40-31-15-13-26-20-27(37)14-16-32(26)42(34(31)45)23-24-9-11-25(12-10-24)29-7-3-4-8-30(29)41-35(46)38-17-18-43/h3-12,14,16,19-20,31,39,43H,13,15,17-18,21-23H2,1-2H3,(H,40,44)(H2,38,41,46)/t31-/m1/s1. The van der Waals surface area contributed by atoms with E-state index in [1.807, 2.05) is 62.4 Å². The van der Waals surface area contributed by atoms with Gasteiger partial charge in [-0.25, -0.2) is 9.18 Å². The van der Waals surface area contributed by atoms with Crippen molar-refractivity contribution >= 4 is 29.2 Å². The number of aliphatic hydroxyl groups is 1. The molecule has 4 amide bonds. The average molecular weight is 642 g/mol. The van der Waals surface area contributed by atoms with E-state index in [2.05, 4.69) is 21.3 Å². The number of anilines is 2. The van der Waals surface area contributed by atoms with E-state index >= 15 is 0 Å². The van der Waals surface area contributed by atoms with Gasteiger partial charge < -0.3 is 35.7 Å². The number of nitrogens with one attached hydrogen (secondary N) is 4. The Morgan fingerprint density at radius 2 is 1.83 bits per heavy atom. The Morgan fingerprint density at radius 1 is 1.04 bits per heavy atom. The van der Waals surface area contributed by atoms with E-state index in [1.165, 1.54) is 12.1 Å². The van der Waals surface area contributed by atoms with Crippen LogP contribution in [0, 0.1) is 5.82 Å². The number of para-hydroxylation sites is 1. The number of benzene rings is 3. The van der Waals surface area contributed by atoms with E-state index in [9.17, 15) is 18.8 Å². The molecule has 2 heterocycles. The number of aliphatic hydroxyl groups excluding tert-OH is 1. The molecular formula is C36H40FN5O5. The van der Waals surface area contributed by atoms with Gasteiger partial charge in [-0.1, -0.05) is 42.5 Å². The Kier molecular flexibility index (Phi) is 10.7. The molecule has 0 bridgehead atoms. The molecular weight excluding hydrogens is 601 g/mol. The van der Waals surface area contributed by atoms with Crippen molar-refractivity contribution in [3.05, 3.63) is 108 Å².